The monoisotopic (exact) mass is 236 g/mol. The van der Waals surface area contributed by atoms with Crippen LogP contribution in [0.15, 0.2) is 12.1 Å². The number of pyridine rings is 1. The molecule has 84 valence electrons. The quantitative estimate of drug-likeness (QED) is 0.742. The van der Waals surface area contributed by atoms with Gasteiger partial charge in [-0.25, -0.2) is 4.98 Å². The summed E-state index contributed by atoms with van der Waals surface area (Å²) in [6.45, 7) is 3.54. The second kappa shape index (κ2) is 4.40. The summed E-state index contributed by atoms with van der Waals surface area (Å²) in [7, 11) is 0. The Bertz CT molecular complexity index is 433. The molecule has 1 aromatic rings. The normalized spacial score (nSPS) is 24.3. The van der Waals surface area contributed by atoms with Crippen molar-refractivity contribution in [2.24, 2.45) is 0 Å². The third kappa shape index (κ3) is 1.91. The molecule has 0 aromatic carbocycles. The molecule has 0 aliphatic carbocycles. The van der Waals surface area contributed by atoms with Crippen LogP contribution in [0.2, 0.25) is 5.15 Å². The summed E-state index contributed by atoms with van der Waals surface area (Å²) in [4.78, 5) is 4.34. The van der Waals surface area contributed by atoms with E-state index in [1.807, 2.05) is 6.07 Å². The lowest BCUT2D eigenvalue weighted by Gasteiger charge is -2.25. The topological polar surface area (TPSA) is 45.9 Å². The maximum Gasteiger partial charge on any atom is 0.130 e. The van der Waals surface area contributed by atoms with E-state index in [1.54, 1.807) is 6.07 Å². The molecule has 16 heavy (non-hydrogen) atoms. The SMILES string of the molecule is CC[C@@]1(c2cc(C#N)cc(Cl)n2)CCOC1. The lowest BCUT2D eigenvalue weighted by atomic mass is 9.80. The average molecular weight is 237 g/mol. The second-order valence-corrected chi connectivity index (χ2v) is 4.50. The minimum atomic E-state index is -0.0590. The van der Waals surface area contributed by atoms with Crippen molar-refractivity contribution in [1.29, 1.82) is 5.26 Å². The van der Waals surface area contributed by atoms with Gasteiger partial charge >= 0.3 is 0 Å². The highest BCUT2D eigenvalue weighted by atomic mass is 35.5. The van der Waals surface area contributed by atoms with Crippen LogP contribution in [0, 0.1) is 11.3 Å². The molecule has 2 rings (SSSR count). The molecule has 1 atom stereocenters. The van der Waals surface area contributed by atoms with Gasteiger partial charge in [0.1, 0.15) is 5.15 Å². The molecule has 0 spiro atoms. The van der Waals surface area contributed by atoms with Crippen LogP contribution >= 0.6 is 11.6 Å². The van der Waals surface area contributed by atoms with Crippen LogP contribution in [0.3, 0.4) is 0 Å². The van der Waals surface area contributed by atoms with Crippen LogP contribution in [0.5, 0.6) is 0 Å². The Morgan fingerprint density at radius 3 is 3.00 bits per heavy atom. The molecule has 4 heteroatoms. The van der Waals surface area contributed by atoms with Gasteiger partial charge in [0, 0.05) is 12.0 Å². The molecular weight excluding hydrogens is 224 g/mol. The largest absolute Gasteiger partial charge is 0.380 e. The average Bonchev–Trinajstić information content (AvgIpc) is 2.78. The first-order valence-corrected chi connectivity index (χ1v) is 5.74. The molecule has 1 fully saturated rings. The van der Waals surface area contributed by atoms with Crippen molar-refractivity contribution in [3.05, 3.63) is 28.5 Å². The molecule has 1 aromatic heterocycles. The highest BCUT2D eigenvalue weighted by Crippen LogP contribution is 2.36. The Morgan fingerprint density at radius 1 is 1.62 bits per heavy atom. The first-order valence-electron chi connectivity index (χ1n) is 5.36. The van der Waals surface area contributed by atoms with Crippen molar-refractivity contribution in [2.75, 3.05) is 13.2 Å². The van der Waals surface area contributed by atoms with Crippen LogP contribution < -0.4 is 0 Å². The number of hydrogen-bond donors (Lipinski definition) is 0. The fourth-order valence-electron chi connectivity index (χ4n) is 2.10. The third-order valence-corrected chi connectivity index (χ3v) is 3.44. The van der Waals surface area contributed by atoms with E-state index in [0.717, 1.165) is 25.1 Å². The zero-order valence-corrected chi connectivity index (χ0v) is 9.92. The van der Waals surface area contributed by atoms with Crippen molar-refractivity contribution in [3.8, 4) is 6.07 Å². The van der Waals surface area contributed by atoms with Gasteiger partial charge in [0.25, 0.3) is 0 Å². The van der Waals surface area contributed by atoms with Gasteiger partial charge in [-0.2, -0.15) is 5.26 Å². The van der Waals surface area contributed by atoms with Gasteiger partial charge in [-0.05, 0) is 25.0 Å². The first-order chi connectivity index (χ1) is 7.70. The lowest BCUT2D eigenvalue weighted by Crippen LogP contribution is -2.27. The minimum Gasteiger partial charge on any atom is -0.380 e. The maximum atomic E-state index is 8.92. The van der Waals surface area contributed by atoms with Crippen molar-refractivity contribution in [2.45, 2.75) is 25.2 Å². The summed E-state index contributed by atoms with van der Waals surface area (Å²) in [5.41, 5.74) is 1.39. The molecule has 0 unspecified atom stereocenters. The molecule has 2 heterocycles. The smallest absolute Gasteiger partial charge is 0.130 e. The summed E-state index contributed by atoms with van der Waals surface area (Å²) in [5, 5.41) is 9.30. The first kappa shape index (κ1) is 11.4. The van der Waals surface area contributed by atoms with Gasteiger partial charge < -0.3 is 4.74 Å². The molecule has 3 nitrogen and oxygen atoms in total. The Morgan fingerprint density at radius 2 is 2.44 bits per heavy atom. The van der Waals surface area contributed by atoms with Gasteiger partial charge in [-0.15, -0.1) is 0 Å². The fraction of sp³-hybridized carbons (Fsp3) is 0.500. The van der Waals surface area contributed by atoms with E-state index >= 15 is 0 Å². The Hall–Kier alpha value is -1.11. The number of hydrogen-bond acceptors (Lipinski definition) is 3. The van der Waals surface area contributed by atoms with E-state index in [1.165, 1.54) is 0 Å². The summed E-state index contributed by atoms with van der Waals surface area (Å²) < 4.78 is 5.45. The predicted octanol–water partition coefficient (Wildman–Crippen LogP) is 2.67. The van der Waals surface area contributed by atoms with Gasteiger partial charge in [0.15, 0.2) is 0 Å². The number of halogens is 1. The summed E-state index contributed by atoms with van der Waals surface area (Å²) >= 11 is 5.92. The van der Waals surface area contributed by atoms with E-state index in [4.69, 9.17) is 21.6 Å². The Balaban J connectivity index is 2.46. The fourth-order valence-corrected chi connectivity index (χ4v) is 2.31. The van der Waals surface area contributed by atoms with Crippen molar-refractivity contribution >= 4 is 11.6 Å². The highest BCUT2D eigenvalue weighted by Gasteiger charge is 2.36. The number of rotatable bonds is 2. The van der Waals surface area contributed by atoms with Crippen molar-refractivity contribution in [3.63, 3.8) is 0 Å². The van der Waals surface area contributed by atoms with Gasteiger partial charge in [-0.3, -0.25) is 0 Å². The van der Waals surface area contributed by atoms with Crippen LogP contribution in [-0.2, 0) is 10.2 Å². The summed E-state index contributed by atoms with van der Waals surface area (Å²) in [6, 6.07) is 5.52. The summed E-state index contributed by atoms with van der Waals surface area (Å²) in [6.07, 6.45) is 1.90. The van der Waals surface area contributed by atoms with Crippen molar-refractivity contribution in [1.82, 2.24) is 4.98 Å². The third-order valence-electron chi connectivity index (χ3n) is 3.25. The molecule has 0 saturated carbocycles. The van der Waals surface area contributed by atoms with Crippen LogP contribution in [0.1, 0.15) is 31.0 Å². The summed E-state index contributed by atoms with van der Waals surface area (Å²) in [5.74, 6) is 0. The van der Waals surface area contributed by atoms with Gasteiger partial charge in [0.05, 0.1) is 23.9 Å². The van der Waals surface area contributed by atoms with Gasteiger partial charge in [0.2, 0.25) is 0 Å². The molecule has 0 bridgehead atoms. The molecule has 0 amide bonds. The zero-order chi connectivity index (χ0) is 11.6. The number of aromatic nitrogens is 1. The number of ether oxygens (including phenoxy) is 1. The Labute approximate surface area is 100 Å². The lowest BCUT2D eigenvalue weighted by molar-refractivity contribution is 0.174. The molecular formula is C12H13ClN2O. The van der Waals surface area contributed by atoms with Crippen LogP contribution in [-0.4, -0.2) is 18.2 Å². The van der Waals surface area contributed by atoms with Crippen LogP contribution in [0.4, 0.5) is 0 Å². The standard InChI is InChI=1S/C12H13ClN2O/c1-2-12(3-4-16-8-12)10-5-9(7-14)6-11(13)15-10/h5-6H,2-4,8H2,1H3/t12-/m1/s1. The van der Waals surface area contributed by atoms with E-state index in [2.05, 4.69) is 18.0 Å². The number of nitrogens with zero attached hydrogens (tertiary/aromatic N) is 2. The highest BCUT2D eigenvalue weighted by molar-refractivity contribution is 6.29. The van der Waals surface area contributed by atoms with E-state index < -0.39 is 0 Å². The molecule has 1 saturated heterocycles. The van der Waals surface area contributed by atoms with Gasteiger partial charge in [-0.1, -0.05) is 18.5 Å². The van der Waals surface area contributed by atoms with Crippen molar-refractivity contribution < 1.29 is 4.74 Å². The van der Waals surface area contributed by atoms with E-state index in [9.17, 15) is 0 Å². The maximum absolute atomic E-state index is 8.92. The minimum absolute atomic E-state index is 0.0590. The van der Waals surface area contributed by atoms with E-state index in [0.29, 0.717) is 17.3 Å². The molecule has 0 radical (unpaired) electrons. The van der Waals surface area contributed by atoms with E-state index in [-0.39, 0.29) is 5.41 Å². The molecule has 1 aliphatic heterocycles. The zero-order valence-electron chi connectivity index (χ0n) is 9.16. The second-order valence-electron chi connectivity index (χ2n) is 4.11. The predicted molar refractivity (Wildman–Crippen MR) is 61.4 cm³/mol. The molecule has 1 aliphatic rings. The number of nitriles is 1. The van der Waals surface area contributed by atoms with Crippen LogP contribution in [0.25, 0.3) is 0 Å². The molecule has 0 N–H and O–H groups in total. The Kier molecular flexibility index (Phi) is 3.13.